The standard InChI is InChI=1S/C45H81O9P/c1-3-5-7-9-11-12-13-14-15-16-17-18-19-20-21-22-23-24-26-30-35-39-45(48)54-43(41-53-55(49,50)51)40-52-44(47)38-34-31-27-29-33-37-42(46)36-32-28-25-10-8-6-4-2/h14-15,25,28,32,36,43H,3-13,16-24,26-27,29-31,33-35,37-41H2,1-2H3,(H2,49,50,51)/b15-14-,28-25-,36-32+/t43-/m1/s1. The maximum Gasteiger partial charge on any atom is 0.469 e. The Kier molecular flexibility index (Phi) is 38.6. The number of hydrogen-bond acceptors (Lipinski definition) is 7. The van der Waals surface area contributed by atoms with Crippen molar-refractivity contribution in [1.82, 2.24) is 0 Å². The number of rotatable bonds is 41. The molecule has 0 aromatic heterocycles. The van der Waals surface area contributed by atoms with Crippen LogP contribution in [0.2, 0.25) is 0 Å². The van der Waals surface area contributed by atoms with E-state index >= 15 is 0 Å². The molecule has 0 fully saturated rings. The lowest BCUT2D eigenvalue weighted by Crippen LogP contribution is -2.29. The van der Waals surface area contributed by atoms with Gasteiger partial charge in [-0.05, 0) is 63.9 Å². The summed E-state index contributed by atoms with van der Waals surface area (Å²) in [6.07, 6.45) is 44.0. The van der Waals surface area contributed by atoms with Gasteiger partial charge < -0.3 is 19.3 Å². The molecule has 0 aliphatic heterocycles. The van der Waals surface area contributed by atoms with Gasteiger partial charge in [0.2, 0.25) is 0 Å². The minimum absolute atomic E-state index is 0.120. The van der Waals surface area contributed by atoms with E-state index < -0.39 is 32.5 Å². The lowest BCUT2D eigenvalue weighted by atomic mass is 10.0. The zero-order chi connectivity index (χ0) is 40.5. The summed E-state index contributed by atoms with van der Waals surface area (Å²) in [5, 5.41) is 0. The smallest absolute Gasteiger partial charge is 0.462 e. The van der Waals surface area contributed by atoms with Gasteiger partial charge in [0, 0.05) is 19.3 Å². The Balaban J connectivity index is 3.93. The summed E-state index contributed by atoms with van der Waals surface area (Å²) in [7, 11) is -4.78. The van der Waals surface area contributed by atoms with Crippen LogP contribution in [0, 0.1) is 0 Å². The molecule has 320 valence electrons. The number of unbranched alkanes of at least 4 members (excludes halogenated alkanes) is 24. The van der Waals surface area contributed by atoms with Crippen LogP contribution in [0.3, 0.4) is 0 Å². The Labute approximate surface area is 336 Å². The highest BCUT2D eigenvalue weighted by Crippen LogP contribution is 2.36. The van der Waals surface area contributed by atoms with E-state index in [2.05, 4.69) is 36.6 Å². The van der Waals surface area contributed by atoms with Gasteiger partial charge in [0.25, 0.3) is 0 Å². The number of hydrogen-bond donors (Lipinski definition) is 2. The SMILES string of the molecule is CCCCC/C=C\C=C\C(=O)CCCCCCCC(=O)OC[C@H](COP(=O)(O)O)OC(=O)CCCCCCCCCCCCC/C=C\CCCCCCCC. The summed E-state index contributed by atoms with van der Waals surface area (Å²) in [5.74, 6) is -0.854. The second-order valence-electron chi connectivity index (χ2n) is 15.1. The topological polar surface area (TPSA) is 136 Å². The van der Waals surface area contributed by atoms with Gasteiger partial charge in [-0.15, -0.1) is 0 Å². The molecule has 0 aliphatic rings. The normalized spacial score (nSPS) is 12.7. The fourth-order valence-corrected chi connectivity index (χ4v) is 6.59. The number of phosphoric acid groups is 1. The van der Waals surface area contributed by atoms with Gasteiger partial charge in [0.05, 0.1) is 6.61 Å². The number of ether oxygens (including phenoxy) is 2. The highest BCUT2D eigenvalue weighted by Gasteiger charge is 2.23. The van der Waals surface area contributed by atoms with E-state index in [1.54, 1.807) is 6.08 Å². The average molecular weight is 797 g/mol. The predicted octanol–water partition coefficient (Wildman–Crippen LogP) is 12.9. The van der Waals surface area contributed by atoms with E-state index in [0.29, 0.717) is 19.3 Å². The zero-order valence-corrected chi connectivity index (χ0v) is 36.0. The van der Waals surface area contributed by atoms with Crippen LogP contribution in [-0.2, 0) is 32.9 Å². The molecule has 0 saturated carbocycles. The molecule has 2 N–H and O–H groups in total. The summed E-state index contributed by atoms with van der Waals surface area (Å²) < 4.78 is 26.4. The van der Waals surface area contributed by atoms with Crippen LogP contribution in [0.1, 0.15) is 213 Å². The fraction of sp³-hybridized carbons (Fsp3) is 0.800. The molecule has 0 unspecified atom stereocenters. The molecule has 0 radical (unpaired) electrons. The minimum atomic E-state index is -4.78. The first-order valence-electron chi connectivity index (χ1n) is 22.2. The molecule has 0 aromatic carbocycles. The summed E-state index contributed by atoms with van der Waals surface area (Å²) in [4.78, 5) is 54.9. The third kappa shape index (κ3) is 42.9. The van der Waals surface area contributed by atoms with E-state index in [1.807, 2.05) is 12.2 Å². The van der Waals surface area contributed by atoms with Gasteiger partial charge in [-0.1, -0.05) is 166 Å². The molecule has 0 amide bonds. The van der Waals surface area contributed by atoms with Crippen molar-refractivity contribution < 1.29 is 42.7 Å². The van der Waals surface area contributed by atoms with Crippen molar-refractivity contribution in [3.05, 3.63) is 36.5 Å². The largest absolute Gasteiger partial charge is 0.469 e. The Hall–Kier alpha value is -2.06. The molecule has 0 aromatic rings. The third-order valence-corrected chi connectivity index (χ3v) is 10.1. The monoisotopic (exact) mass is 797 g/mol. The Morgan fingerprint density at radius 2 is 0.927 bits per heavy atom. The van der Waals surface area contributed by atoms with Crippen molar-refractivity contribution >= 4 is 25.5 Å². The third-order valence-electron chi connectivity index (χ3n) is 9.61. The number of carbonyl (C=O) groups is 3. The number of esters is 2. The number of ketones is 1. The van der Waals surface area contributed by atoms with Crippen LogP contribution in [0.4, 0.5) is 0 Å². The molecule has 0 heterocycles. The van der Waals surface area contributed by atoms with Gasteiger partial charge in [-0.3, -0.25) is 18.9 Å². The van der Waals surface area contributed by atoms with Crippen LogP contribution in [-0.4, -0.2) is 46.8 Å². The molecule has 10 heteroatoms. The quantitative estimate of drug-likeness (QED) is 0.0155. The molecule has 55 heavy (non-hydrogen) atoms. The molecule has 0 spiro atoms. The van der Waals surface area contributed by atoms with Gasteiger partial charge in [-0.25, -0.2) is 4.57 Å². The van der Waals surface area contributed by atoms with Gasteiger partial charge in [0.15, 0.2) is 11.9 Å². The van der Waals surface area contributed by atoms with Crippen molar-refractivity contribution in [3.63, 3.8) is 0 Å². The van der Waals surface area contributed by atoms with Crippen LogP contribution in [0.5, 0.6) is 0 Å². The van der Waals surface area contributed by atoms with Gasteiger partial charge in [0.1, 0.15) is 6.61 Å². The van der Waals surface area contributed by atoms with Crippen molar-refractivity contribution in [1.29, 1.82) is 0 Å². The van der Waals surface area contributed by atoms with Crippen molar-refractivity contribution in [2.24, 2.45) is 0 Å². The van der Waals surface area contributed by atoms with Gasteiger partial charge >= 0.3 is 19.8 Å². The molecule has 0 aliphatic carbocycles. The number of allylic oxidation sites excluding steroid dienone is 6. The minimum Gasteiger partial charge on any atom is -0.462 e. The Morgan fingerprint density at radius 3 is 1.45 bits per heavy atom. The highest BCUT2D eigenvalue weighted by molar-refractivity contribution is 7.46. The lowest BCUT2D eigenvalue weighted by Gasteiger charge is -2.18. The fourth-order valence-electron chi connectivity index (χ4n) is 6.23. The molecular formula is C45H81O9P. The predicted molar refractivity (Wildman–Crippen MR) is 226 cm³/mol. The second kappa shape index (κ2) is 40.1. The Morgan fingerprint density at radius 1 is 0.509 bits per heavy atom. The Bertz CT molecular complexity index is 1050. The lowest BCUT2D eigenvalue weighted by molar-refractivity contribution is -0.161. The molecule has 0 bridgehead atoms. The second-order valence-corrected chi connectivity index (χ2v) is 16.3. The summed E-state index contributed by atoms with van der Waals surface area (Å²) in [6.45, 7) is 3.54. The van der Waals surface area contributed by atoms with Crippen molar-refractivity contribution in [2.45, 2.75) is 219 Å². The molecular weight excluding hydrogens is 715 g/mol. The summed E-state index contributed by atoms with van der Waals surface area (Å²) in [5.41, 5.74) is 0. The maximum absolute atomic E-state index is 12.4. The first-order valence-corrected chi connectivity index (χ1v) is 23.8. The summed E-state index contributed by atoms with van der Waals surface area (Å²) in [6, 6.07) is 0. The van der Waals surface area contributed by atoms with Crippen molar-refractivity contribution in [2.75, 3.05) is 13.2 Å². The van der Waals surface area contributed by atoms with Crippen LogP contribution in [0.25, 0.3) is 0 Å². The van der Waals surface area contributed by atoms with E-state index in [4.69, 9.17) is 19.3 Å². The molecule has 0 rings (SSSR count). The zero-order valence-electron chi connectivity index (χ0n) is 35.1. The van der Waals surface area contributed by atoms with E-state index in [1.165, 1.54) is 116 Å². The molecule has 9 nitrogen and oxygen atoms in total. The van der Waals surface area contributed by atoms with Crippen molar-refractivity contribution in [3.8, 4) is 0 Å². The van der Waals surface area contributed by atoms with Crippen LogP contribution < -0.4 is 0 Å². The van der Waals surface area contributed by atoms with E-state index in [-0.39, 0.29) is 25.2 Å². The van der Waals surface area contributed by atoms with Crippen LogP contribution in [0.15, 0.2) is 36.5 Å². The van der Waals surface area contributed by atoms with E-state index in [9.17, 15) is 18.9 Å². The van der Waals surface area contributed by atoms with Crippen LogP contribution >= 0.6 is 7.82 Å². The average Bonchev–Trinajstić information content (AvgIpc) is 3.15. The molecule has 1 atom stereocenters. The number of phosphoric ester groups is 1. The summed E-state index contributed by atoms with van der Waals surface area (Å²) >= 11 is 0. The number of carbonyl (C=O) groups excluding carboxylic acids is 3. The highest BCUT2D eigenvalue weighted by atomic mass is 31.2. The first-order chi connectivity index (χ1) is 26.7. The molecule has 0 saturated heterocycles. The van der Waals surface area contributed by atoms with E-state index in [0.717, 1.165) is 51.4 Å². The van der Waals surface area contributed by atoms with Gasteiger partial charge in [-0.2, -0.15) is 0 Å². The first kappa shape index (κ1) is 52.9. The maximum atomic E-state index is 12.4.